The molecule has 0 saturated carbocycles. The number of methoxy groups -OCH3 is 1. The third-order valence-electron chi connectivity index (χ3n) is 1.78. The second-order valence-electron chi connectivity index (χ2n) is 2.89. The predicted molar refractivity (Wildman–Crippen MR) is 60.3 cm³/mol. The smallest absolute Gasteiger partial charge is 0.0676 e. The van der Waals surface area contributed by atoms with Crippen molar-refractivity contribution in [2.45, 2.75) is 6.04 Å². The Morgan fingerprint density at radius 3 is 3.07 bits per heavy atom. The molecule has 0 radical (unpaired) electrons. The summed E-state index contributed by atoms with van der Waals surface area (Å²) in [5.74, 6) is 0. The van der Waals surface area contributed by atoms with Gasteiger partial charge < -0.3 is 15.8 Å². The van der Waals surface area contributed by atoms with Gasteiger partial charge in [0.05, 0.1) is 22.8 Å². The highest BCUT2D eigenvalue weighted by Crippen LogP contribution is 2.20. The number of anilines is 1. The maximum Gasteiger partial charge on any atom is 0.0676 e. The van der Waals surface area contributed by atoms with Crippen LogP contribution in [0.15, 0.2) is 22.9 Å². The number of nitrogens with one attached hydrogen (secondary N) is 1. The SMILES string of the molecule is COCC(CN)Nc1ccncc1Br. The third kappa shape index (κ3) is 3.25. The Morgan fingerprint density at radius 1 is 1.71 bits per heavy atom. The van der Waals surface area contributed by atoms with Gasteiger partial charge in [-0.25, -0.2) is 0 Å². The molecule has 5 heteroatoms. The summed E-state index contributed by atoms with van der Waals surface area (Å²) >= 11 is 3.40. The molecular weight excluding hydrogens is 246 g/mol. The molecule has 0 saturated heterocycles. The van der Waals surface area contributed by atoms with Crippen LogP contribution in [0, 0.1) is 0 Å². The number of nitrogens with two attached hydrogens (primary N) is 1. The standard InChI is InChI=1S/C9H14BrN3O/c1-14-6-7(4-11)13-9-2-3-12-5-8(9)10/h2-3,5,7H,4,6,11H2,1H3,(H,12,13). The van der Waals surface area contributed by atoms with E-state index in [-0.39, 0.29) is 6.04 Å². The fraction of sp³-hybridized carbons (Fsp3) is 0.444. The molecule has 0 aliphatic carbocycles. The highest BCUT2D eigenvalue weighted by atomic mass is 79.9. The van der Waals surface area contributed by atoms with Crippen LogP contribution in [-0.2, 0) is 4.74 Å². The van der Waals surface area contributed by atoms with E-state index in [4.69, 9.17) is 10.5 Å². The van der Waals surface area contributed by atoms with Crippen LogP contribution in [0.5, 0.6) is 0 Å². The lowest BCUT2D eigenvalue weighted by Gasteiger charge is -2.17. The normalized spacial score (nSPS) is 12.5. The first-order valence-corrected chi connectivity index (χ1v) is 5.12. The molecule has 78 valence electrons. The van der Waals surface area contributed by atoms with Gasteiger partial charge in [0.15, 0.2) is 0 Å². The first kappa shape index (κ1) is 11.4. The molecule has 1 unspecified atom stereocenters. The average molecular weight is 260 g/mol. The minimum atomic E-state index is 0.124. The molecule has 0 spiro atoms. The zero-order chi connectivity index (χ0) is 10.4. The summed E-state index contributed by atoms with van der Waals surface area (Å²) in [5.41, 5.74) is 6.56. The molecular formula is C9H14BrN3O. The van der Waals surface area contributed by atoms with Crippen molar-refractivity contribution in [1.82, 2.24) is 4.98 Å². The Labute approximate surface area is 92.0 Å². The molecule has 4 nitrogen and oxygen atoms in total. The van der Waals surface area contributed by atoms with Crippen LogP contribution in [0.4, 0.5) is 5.69 Å². The number of aromatic nitrogens is 1. The fourth-order valence-electron chi connectivity index (χ4n) is 1.08. The monoisotopic (exact) mass is 259 g/mol. The highest BCUT2D eigenvalue weighted by molar-refractivity contribution is 9.10. The van der Waals surface area contributed by atoms with Crippen LogP contribution in [0.3, 0.4) is 0 Å². The summed E-state index contributed by atoms with van der Waals surface area (Å²) in [6.45, 7) is 1.12. The van der Waals surface area contributed by atoms with Crippen molar-refractivity contribution in [3.8, 4) is 0 Å². The fourth-order valence-corrected chi connectivity index (χ4v) is 1.45. The summed E-state index contributed by atoms with van der Waals surface area (Å²) in [6.07, 6.45) is 3.47. The van der Waals surface area contributed by atoms with E-state index in [9.17, 15) is 0 Å². The molecule has 0 fully saturated rings. The highest BCUT2D eigenvalue weighted by Gasteiger charge is 2.07. The van der Waals surface area contributed by atoms with Gasteiger partial charge in [-0.3, -0.25) is 4.98 Å². The van der Waals surface area contributed by atoms with Gasteiger partial charge in [-0.15, -0.1) is 0 Å². The van der Waals surface area contributed by atoms with E-state index in [2.05, 4.69) is 26.2 Å². The third-order valence-corrected chi connectivity index (χ3v) is 2.42. The first-order valence-electron chi connectivity index (χ1n) is 4.33. The zero-order valence-corrected chi connectivity index (χ0v) is 9.62. The van der Waals surface area contributed by atoms with Crippen LogP contribution in [0.2, 0.25) is 0 Å². The van der Waals surface area contributed by atoms with Crippen molar-refractivity contribution in [3.05, 3.63) is 22.9 Å². The summed E-state index contributed by atoms with van der Waals surface area (Å²) in [4.78, 5) is 3.97. The maximum atomic E-state index is 5.58. The van der Waals surface area contributed by atoms with Crippen LogP contribution in [0.1, 0.15) is 0 Å². The van der Waals surface area contributed by atoms with Crippen molar-refractivity contribution in [3.63, 3.8) is 0 Å². The number of nitrogens with zero attached hydrogens (tertiary/aromatic N) is 1. The lowest BCUT2D eigenvalue weighted by Crippen LogP contribution is -2.33. The summed E-state index contributed by atoms with van der Waals surface area (Å²) in [6, 6.07) is 2.02. The minimum Gasteiger partial charge on any atom is -0.383 e. The number of halogens is 1. The molecule has 14 heavy (non-hydrogen) atoms. The largest absolute Gasteiger partial charge is 0.383 e. The van der Waals surface area contributed by atoms with Gasteiger partial charge in [0.1, 0.15) is 0 Å². The van der Waals surface area contributed by atoms with Gasteiger partial charge in [0.25, 0.3) is 0 Å². The first-order chi connectivity index (χ1) is 6.77. The molecule has 1 atom stereocenters. The number of hydrogen-bond donors (Lipinski definition) is 2. The lowest BCUT2D eigenvalue weighted by atomic mass is 10.3. The Hall–Kier alpha value is -0.650. The van der Waals surface area contributed by atoms with E-state index < -0.39 is 0 Å². The molecule has 1 aromatic rings. The number of pyridine rings is 1. The molecule has 0 bridgehead atoms. The molecule has 0 aromatic carbocycles. The van der Waals surface area contributed by atoms with E-state index in [0.29, 0.717) is 13.2 Å². The van der Waals surface area contributed by atoms with Crippen LogP contribution >= 0.6 is 15.9 Å². The van der Waals surface area contributed by atoms with E-state index in [1.807, 2.05) is 6.07 Å². The Bertz CT molecular complexity index is 283. The molecule has 0 amide bonds. The Kier molecular flexibility index (Phi) is 4.86. The number of hydrogen-bond acceptors (Lipinski definition) is 4. The van der Waals surface area contributed by atoms with Gasteiger partial charge in [0, 0.05) is 26.0 Å². The minimum absolute atomic E-state index is 0.124. The lowest BCUT2D eigenvalue weighted by molar-refractivity contribution is 0.187. The van der Waals surface area contributed by atoms with Gasteiger partial charge in [-0.1, -0.05) is 0 Å². The van der Waals surface area contributed by atoms with Crippen molar-refractivity contribution in [2.75, 3.05) is 25.6 Å². The van der Waals surface area contributed by atoms with Crippen molar-refractivity contribution >= 4 is 21.6 Å². The molecule has 3 N–H and O–H groups in total. The molecule has 1 rings (SSSR count). The van der Waals surface area contributed by atoms with Crippen LogP contribution < -0.4 is 11.1 Å². The average Bonchev–Trinajstić information content (AvgIpc) is 2.20. The zero-order valence-electron chi connectivity index (χ0n) is 8.03. The van der Waals surface area contributed by atoms with Gasteiger partial charge >= 0.3 is 0 Å². The van der Waals surface area contributed by atoms with Crippen molar-refractivity contribution in [1.29, 1.82) is 0 Å². The van der Waals surface area contributed by atoms with Crippen molar-refractivity contribution < 1.29 is 4.74 Å². The van der Waals surface area contributed by atoms with Crippen LogP contribution in [0.25, 0.3) is 0 Å². The summed E-state index contributed by atoms with van der Waals surface area (Å²) in [5, 5.41) is 3.26. The number of rotatable bonds is 5. The number of ether oxygens (including phenoxy) is 1. The summed E-state index contributed by atoms with van der Waals surface area (Å²) < 4.78 is 5.96. The van der Waals surface area contributed by atoms with E-state index in [1.165, 1.54) is 0 Å². The Balaban J connectivity index is 2.62. The molecule has 1 aromatic heterocycles. The second-order valence-corrected chi connectivity index (χ2v) is 3.74. The van der Waals surface area contributed by atoms with Gasteiger partial charge in [-0.05, 0) is 22.0 Å². The summed E-state index contributed by atoms with van der Waals surface area (Å²) in [7, 11) is 1.66. The predicted octanol–water partition coefficient (Wildman–Crippen LogP) is 1.23. The second kappa shape index (κ2) is 5.95. The van der Waals surface area contributed by atoms with Gasteiger partial charge in [0.2, 0.25) is 0 Å². The Morgan fingerprint density at radius 2 is 2.50 bits per heavy atom. The van der Waals surface area contributed by atoms with Crippen molar-refractivity contribution in [2.24, 2.45) is 5.73 Å². The van der Waals surface area contributed by atoms with Crippen LogP contribution in [-0.4, -0.2) is 31.3 Å². The topological polar surface area (TPSA) is 60.2 Å². The van der Waals surface area contributed by atoms with E-state index in [1.54, 1.807) is 19.5 Å². The molecule has 0 aliphatic rings. The van der Waals surface area contributed by atoms with E-state index in [0.717, 1.165) is 10.2 Å². The quantitative estimate of drug-likeness (QED) is 0.836. The van der Waals surface area contributed by atoms with E-state index >= 15 is 0 Å². The van der Waals surface area contributed by atoms with Gasteiger partial charge in [-0.2, -0.15) is 0 Å². The molecule has 1 heterocycles. The molecule has 0 aliphatic heterocycles. The maximum absolute atomic E-state index is 5.58.